The van der Waals surface area contributed by atoms with Gasteiger partial charge in [0.25, 0.3) is 0 Å². The van der Waals surface area contributed by atoms with Crippen molar-refractivity contribution in [3.63, 3.8) is 0 Å². The Balaban J connectivity index is 1.68. The van der Waals surface area contributed by atoms with Crippen molar-refractivity contribution in [2.24, 2.45) is 0 Å². The Hall–Kier alpha value is -3.73. The van der Waals surface area contributed by atoms with Crippen molar-refractivity contribution < 1.29 is 18.3 Å². The van der Waals surface area contributed by atoms with Crippen LogP contribution in [0.4, 0.5) is 24.8 Å². The van der Waals surface area contributed by atoms with Gasteiger partial charge in [-0.25, -0.2) is 15.0 Å². The van der Waals surface area contributed by atoms with Gasteiger partial charge >= 0.3 is 6.18 Å². The molecule has 0 amide bonds. The first-order valence-electron chi connectivity index (χ1n) is 9.73. The summed E-state index contributed by atoms with van der Waals surface area (Å²) in [6.07, 6.45) is 2.00. The van der Waals surface area contributed by atoms with Crippen LogP contribution >= 0.6 is 0 Å². The molecule has 0 fully saturated rings. The SMILES string of the molecule is CN(CCO)c1cc(C(F)(F)F)cc(CNc2ncnc3[nH]cc(-c4cccnc4)c23)n1. The third-order valence-electron chi connectivity index (χ3n) is 4.90. The average Bonchev–Trinajstić information content (AvgIpc) is 3.22. The summed E-state index contributed by atoms with van der Waals surface area (Å²) in [7, 11) is 1.57. The third-order valence-corrected chi connectivity index (χ3v) is 4.90. The molecule has 4 heterocycles. The number of anilines is 2. The van der Waals surface area contributed by atoms with E-state index in [-0.39, 0.29) is 31.2 Å². The predicted molar refractivity (Wildman–Crippen MR) is 114 cm³/mol. The smallest absolute Gasteiger partial charge is 0.395 e. The molecule has 0 aromatic carbocycles. The first-order valence-corrected chi connectivity index (χ1v) is 9.73. The first-order chi connectivity index (χ1) is 15.4. The van der Waals surface area contributed by atoms with Crippen molar-refractivity contribution in [3.8, 4) is 11.1 Å². The molecule has 4 rings (SSSR count). The molecule has 4 aromatic heterocycles. The summed E-state index contributed by atoms with van der Waals surface area (Å²) in [4.78, 5) is 21.5. The lowest BCUT2D eigenvalue weighted by Crippen LogP contribution is -2.23. The van der Waals surface area contributed by atoms with Crippen LogP contribution in [0.5, 0.6) is 0 Å². The highest BCUT2D eigenvalue weighted by molar-refractivity contribution is 6.00. The second kappa shape index (κ2) is 8.79. The minimum Gasteiger partial charge on any atom is -0.395 e. The summed E-state index contributed by atoms with van der Waals surface area (Å²) in [6, 6.07) is 5.67. The zero-order valence-electron chi connectivity index (χ0n) is 17.1. The maximum Gasteiger partial charge on any atom is 0.416 e. The van der Waals surface area contributed by atoms with Gasteiger partial charge < -0.3 is 20.3 Å². The highest BCUT2D eigenvalue weighted by atomic mass is 19.4. The van der Waals surface area contributed by atoms with Gasteiger partial charge in [-0.15, -0.1) is 0 Å². The normalized spacial score (nSPS) is 11.7. The zero-order valence-corrected chi connectivity index (χ0v) is 17.1. The van der Waals surface area contributed by atoms with Gasteiger partial charge in [0.2, 0.25) is 0 Å². The molecule has 0 saturated carbocycles. The number of H-pyrrole nitrogens is 1. The van der Waals surface area contributed by atoms with Gasteiger partial charge in [-0.3, -0.25) is 4.98 Å². The number of alkyl halides is 3. The molecular formula is C21H20F3N7O. The van der Waals surface area contributed by atoms with E-state index < -0.39 is 11.7 Å². The van der Waals surface area contributed by atoms with Crippen LogP contribution in [0, 0.1) is 0 Å². The molecule has 0 radical (unpaired) electrons. The van der Waals surface area contributed by atoms with Crippen molar-refractivity contribution >= 4 is 22.7 Å². The fraction of sp³-hybridized carbons (Fsp3) is 0.238. The van der Waals surface area contributed by atoms with Gasteiger partial charge in [-0.1, -0.05) is 6.07 Å². The molecule has 0 saturated heterocycles. The van der Waals surface area contributed by atoms with Crippen molar-refractivity contribution in [2.75, 3.05) is 30.4 Å². The van der Waals surface area contributed by atoms with Gasteiger partial charge in [0, 0.05) is 43.3 Å². The molecule has 0 aliphatic heterocycles. The Kier molecular flexibility index (Phi) is 5.91. The van der Waals surface area contributed by atoms with Gasteiger partial charge in [0.15, 0.2) is 0 Å². The number of aromatic amines is 1. The first kappa shape index (κ1) is 21.5. The highest BCUT2D eigenvalue weighted by Crippen LogP contribution is 2.33. The lowest BCUT2D eigenvalue weighted by atomic mass is 10.1. The van der Waals surface area contributed by atoms with E-state index in [4.69, 9.17) is 5.11 Å². The molecule has 0 atom stereocenters. The number of rotatable bonds is 7. The van der Waals surface area contributed by atoms with E-state index in [0.29, 0.717) is 16.9 Å². The van der Waals surface area contributed by atoms with Gasteiger partial charge in [0.1, 0.15) is 23.6 Å². The van der Waals surface area contributed by atoms with Crippen LogP contribution in [0.1, 0.15) is 11.3 Å². The minimum absolute atomic E-state index is 0.00760. The van der Waals surface area contributed by atoms with Gasteiger partial charge in [-0.05, 0) is 18.2 Å². The number of aliphatic hydroxyl groups excluding tert-OH is 1. The number of hydrogen-bond acceptors (Lipinski definition) is 7. The summed E-state index contributed by atoms with van der Waals surface area (Å²) < 4.78 is 40.3. The van der Waals surface area contributed by atoms with Crippen molar-refractivity contribution in [2.45, 2.75) is 12.7 Å². The van der Waals surface area contributed by atoms with Crippen LogP contribution in [0.3, 0.4) is 0 Å². The van der Waals surface area contributed by atoms with Crippen molar-refractivity contribution in [1.82, 2.24) is 24.9 Å². The van der Waals surface area contributed by atoms with Crippen LogP contribution < -0.4 is 10.2 Å². The Morgan fingerprint density at radius 2 is 2.06 bits per heavy atom. The molecule has 0 bridgehead atoms. The molecule has 166 valence electrons. The van der Waals surface area contributed by atoms with Crippen LogP contribution in [-0.2, 0) is 12.7 Å². The number of nitrogens with zero attached hydrogens (tertiary/aromatic N) is 5. The van der Waals surface area contributed by atoms with Crippen LogP contribution in [0.15, 0.2) is 49.2 Å². The van der Waals surface area contributed by atoms with Crippen LogP contribution in [-0.4, -0.2) is 50.2 Å². The zero-order chi connectivity index (χ0) is 22.7. The summed E-state index contributed by atoms with van der Waals surface area (Å²) in [5.41, 5.74) is 1.62. The molecule has 0 unspecified atom stereocenters. The number of halogens is 3. The molecule has 0 aliphatic rings. The maximum atomic E-state index is 13.4. The molecule has 3 N–H and O–H groups in total. The molecule has 4 aromatic rings. The number of hydrogen-bond donors (Lipinski definition) is 3. The molecule has 32 heavy (non-hydrogen) atoms. The number of fused-ring (bicyclic) bond motifs is 1. The molecule has 11 heteroatoms. The Bertz CT molecular complexity index is 1210. The number of likely N-dealkylation sites (N-methyl/N-ethyl adjacent to an activating group) is 1. The molecule has 0 aliphatic carbocycles. The Morgan fingerprint density at radius 1 is 1.22 bits per heavy atom. The second-order valence-corrected chi connectivity index (χ2v) is 7.09. The predicted octanol–water partition coefficient (Wildman–Crippen LogP) is 3.47. The van der Waals surface area contributed by atoms with E-state index in [2.05, 4.69) is 30.2 Å². The highest BCUT2D eigenvalue weighted by Gasteiger charge is 2.32. The summed E-state index contributed by atoms with van der Waals surface area (Å²) in [6.45, 7) is -0.0370. The van der Waals surface area contributed by atoms with Crippen molar-refractivity contribution in [3.05, 3.63) is 60.4 Å². The van der Waals surface area contributed by atoms with E-state index in [1.54, 1.807) is 25.6 Å². The molecular weight excluding hydrogens is 423 g/mol. The lowest BCUT2D eigenvalue weighted by molar-refractivity contribution is -0.137. The van der Waals surface area contributed by atoms with Crippen molar-refractivity contribution in [1.29, 1.82) is 0 Å². The number of nitrogens with one attached hydrogen (secondary N) is 2. The fourth-order valence-corrected chi connectivity index (χ4v) is 3.31. The Labute approximate surface area is 181 Å². The summed E-state index contributed by atoms with van der Waals surface area (Å²) in [5, 5.41) is 12.9. The molecule has 0 spiro atoms. The quantitative estimate of drug-likeness (QED) is 0.402. The Morgan fingerprint density at radius 3 is 2.78 bits per heavy atom. The third kappa shape index (κ3) is 4.47. The largest absolute Gasteiger partial charge is 0.416 e. The van der Waals surface area contributed by atoms with E-state index in [1.165, 1.54) is 11.2 Å². The maximum absolute atomic E-state index is 13.4. The van der Waals surface area contributed by atoms with E-state index in [1.807, 2.05) is 12.1 Å². The average molecular weight is 443 g/mol. The second-order valence-electron chi connectivity index (χ2n) is 7.09. The lowest BCUT2D eigenvalue weighted by Gasteiger charge is -2.20. The van der Waals surface area contributed by atoms with E-state index in [9.17, 15) is 13.2 Å². The summed E-state index contributed by atoms with van der Waals surface area (Å²) >= 11 is 0. The minimum atomic E-state index is -4.53. The monoisotopic (exact) mass is 443 g/mol. The molecule has 8 nitrogen and oxygen atoms in total. The standard InChI is InChI=1S/C21H20F3N7O/c1-31(5-6-32)17-8-14(21(22,23)24)7-15(30-17)10-26-19-18-16(13-3-2-4-25-9-13)11-27-20(18)29-12-28-19/h2-4,7-9,11-12,32H,5-6,10H2,1H3,(H2,26,27,28,29). The van der Waals surface area contributed by atoms with Gasteiger partial charge in [-0.2, -0.15) is 13.2 Å². The van der Waals surface area contributed by atoms with Crippen LogP contribution in [0.25, 0.3) is 22.2 Å². The fourth-order valence-electron chi connectivity index (χ4n) is 3.31. The van der Waals surface area contributed by atoms with Gasteiger partial charge in [0.05, 0.1) is 29.8 Å². The number of pyridine rings is 2. The van der Waals surface area contributed by atoms with E-state index in [0.717, 1.165) is 23.3 Å². The summed E-state index contributed by atoms with van der Waals surface area (Å²) in [5.74, 6) is 0.579. The van der Waals surface area contributed by atoms with Crippen LogP contribution in [0.2, 0.25) is 0 Å². The topological polar surface area (TPSA) is 103 Å². The number of aliphatic hydroxyl groups is 1. The number of aromatic nitrogens is 5. The van der Waals surface area contributed by atoms with E-state index >= 15 is 0 Å².